The summed E-state index contributed by atoms with van der Waals surface area (Å²) in [6.45, 7) is 0. The number of hydrogen-bond acceptors (Lipinski definition) is 3. The molecule has 0 spiro atoms. The van der Waals surface area contributed by atoms with Crippen LogP contribution in [0.1, 0.15) is 15.9 Å². The second kappa shape index (κ2) is 6.80. The second-order valence-corrected chi connectivity index (χ2v) is 6.50. The van der Waals surface area contributed by atoms with Crippen LogP contribution in [0.5, 0.6) is 0 Å². The molecule has 0 radical (unpaired) electrons. The van der Waals surface area contributed by atoms with Crippen molar-refractivity contribution in [1.29, 1.82) is 0 Å². The Morgan fingerprint density at radius 2 is 1.83 bits per heavy atom. The Kier molecular flexibility index (Phi) is 5.02. The van der Waals surface area contributed by atoms with Gasteiger partial charge in [-0.1, -0.05) is 23.7 Å². The molecule has 0 fully saturated rings. The molecule has 2 aromatic rings. The van der Waals surface area contributed by atoms with Crippen molar-refractivity contribution in [3.8, 4) is 0 Å². The molecule has 0 saturated carbocycles. The van der Waals surface area contributed by atoms with Crippen molar-refractivity contribution in [2.75, 3.05) is 4.72 Å². The van der Waals surface area contributed by atoms with Crippen molar-refractivity contribution >= 4 is 39.4 Å². The number of benzene rings is 2. The average Bonchev–Trinajstić information content (AvgIpc) is 2.48. The standard InChI is InChI=1S/C15H11ClFNO4S/c16-11-3-1-10(2-4-11)7-8-23(21,22)18-14-6-5-12(17)9-13(14)15(19)20/h1-9,18H,(H,19,20)/b8-7+. The molecule has 120 valence electrons. The quantitative estimate of drug-likeness (QED) is 0.858. The van der Waals surface area contributed by atoms with Crippen LogP contribution in [0.25, 0.3) is 6.08 Å². The molecular formula is C15H11ClFNO4S. The topological polar surface area (TPSA) is 83.5 Å². The Morgan fingerprint density at radius 3 is 2.43 bits per heavy atom. The maximum Gasteiger partial charge on any atom is 0.337 e. The average molecular weight is 356 g/mol. The van der Waals surface area contributed by atoms with Gasteiger partial charge >= 0.3 is 5.97 Å². The Balaban J connectivity index is 2.25. The summed E-state index contributed by atoms with van der Waals surface area (Å²) < 4.78 is 39.1. The van der Waals surface area contributed by atoms with Gasteiger partial charge in [-0.25, -0.2) is 17.6 Å². The maximum absolute atomic E-state index is 13.1. The minimum absolute atomic E-state index is 0.223. The van der Waals surface area contributed by atoms with Crippen LogP contribution in [-0.4, -0.2) is 19.5 Å². The van der Waals surface area contributed by atoms with Gasteiger partial charge in [0.25, 0.3) is 10.0 Å². The van der Waals surface area contributed by atoms with Gasteiger partial charge in [-0.2, -0.15) is 0 Å². The zero-order valence-corrected chi connectivity index (χ0v) is 13.1. The lowest BCUT2D eigenvalue weighted by molar-refractivity contribution is 0.0697. The van der Waals surface area contributed by atoms with E-state index in [1.807, 2.05) is 0 Å². The Hall–Kier alpha value is -2.38. The van der Waals surface area contributed by atoms with Crippen molar-refractivity contribution in [3.05, 3.63) is 69.8 Å². The van der Waals surface area contributed by atoms with Crippen LogP contribution in [0.2, 0.25) is 5.02 Å². The first-order valence-corrected chi connectivity index (χ1v) is 8.18. The molecule has 0 aromatic heterocycles. The van der Waals surface area contributed by atoms with E-state index in [0.29, 0.717) is 10.6 Å². The zero-order valence-electron chi connectivity index (χ0n) is 11.5. The zero-order chi connectivity index (χ0) is 17.0. The van der Waals surface area contributed by atoms with Gasteiger partial charge in [0.15, 0.2) is 0 Å². The molecule has 0 heterocycles. The molecule has 8 heteroatoms. The largest absolute Gasteiger partial charge is 0.478 e. The van der Waals surface area contributed by atoms with E-state index in [-0.39, 0.29) is 5.69 Å². The minimum atomic E-state index is -3.96. The highest BCUT2D eigenvalue weighted by Gasteiger charge is 2.15. The van der Waals surface area contributed by atoms with E-state index in [9.17, 15) is 17.6 Å². The monoisotopic (exact) mass is 355 g/mol. The Labute approximate surface area is 137 Å². The lowest BCUT2D eigenvalue weighted by Gasteiger charge is -2.08. The van der Waals surface area contributed by atoms with E-state index in [4.69, 9.17) is 16.7 Å². The van der Waals surface area contributed by atoms with Crippen LogP contribution < -0.4 is 4.72 Å². The Morgan fingerprint density at radius 1 is 1.17 bits per heavy atom. The summed E-state index contributed by atoms with van der Waals surface area (Å²) in [5.74, 6) is -2.22. The molecule has 2 rings (SSSR count). The molecule has 5 nitrogen and oxygen atoms in total. The molecule has 0 bridgehead atoms. The number of halogens is 2. The fourth-order valence-corrected chi connectivity index (χ4v) is 2.73. The van der Waals surface area contributed by atoms with E-state index in [1.54, 1.807) is 24.3 Å². The summed E-state index contributed by atoms with van der Waals surface area (Å²) in [4.78, 5) is 11.0. The smallest absolute Gasteiger partial charge is 0.337 e. The highest BCUT2D eigenvalue weighted by molar-refractivity contribution is 7.95. The summed E-state index contributed by atoms with van der Waals surface area (Å²) in [7, 11) is -3.96. The molecule has 2 N–H and O–H groups in total. The number of carboxylic acids is 1. The second-order valence-electron chi connectivity index (χ2n) is 4.50. The third-order valence-corrected chi connectivity index (χ3v) is 4.02. The van der Waals surface area contributed by atoms with Crippen LogP contribution >= 0.6 is 11.6 Å². The van der Waals surface area contributed by atoms with Crippen LogP contribution in [-0.2, 0) is 10.0 Å². The number of carbonyl (C=O) groups is 1. The first kappa shape index (κ1) is 17.0. The number of nitrogens with one attached hydrogen (secondary N) is 1. The highest BCUT2D eigenvalue weighted by atomic mass is 35.5. The minimum Gasteiger partial charge on any atom is -0.478 e. The number of anilines is 1. The van der Waals surface area contributed by atoms with E-state index in [0.717, 1.165) is 23.6 Å². The third-order valence-electron chi connectivity index (χ3n) is 2.77. The number of carboxylic acid groups (broad SMARTS) is 1. The van der Waals surface area contributed by atoms with Gasteiger partial charge in [-0.3, -0.25) is 4.72 Å². The number of sulfonamides is 1. The summed E-state index contributed by atoms with van der Waals surface area (Å²) in [6.07, 6.45) is 1.32. The van der Waals surface area contributed by atoms with Crippen molar-refractivity contribution in [2.24, 2.45) is 0 Å². The van der Waals surface area contributed by atoms with Crippen LogP contribution in [0.4, 0.5) is 10.1 Å². The number of aromatic carboxylic acids is 1. The van der Waals surface area contributed by atoms with E-state index in [2.05, 4.69) is 4.72 Å². The van der Waals surface area contributed by atoms with Crippen LogP contribution in [0.15, 0.2) is 47.9 Å². The van der Waals surface area contributed by atoms with Gasteiger partial charge in [-0.15, -0.1) is 0 Å². The fraction of sp³-hybridized carbons (Fsp3) is 0. The highest BCUT2D eigenvalue weighted by Crippen LogP contribution is 2.19. The predicted octanol–water partition coefficient (Wildman–Crippen LogP) is 3.59. The molecule has 0 unspecified atom stereocenters. The van der Waals surface area contributed by atoms with Crippen molar-refractivity contribution in [3.63, 3.8) is 0 Å². The number of rotatable bonds is 5. The SMILES string of the molecule is O=C(O)c1cc(F)ccc1NS(=O)(=O)/C=C/c1ccc(Cl)cc1. The summed E-state index contributed by atoms with van der Waals surface area (Å²) in [6, 6.07) is 9.19. The molecule has 0 aliphatic rings. The summed E-state index contributed by atoms with van der Waals surface area (Å²) >= 11 is 5.73. The summed E-state index contributed by atoms with van der Waals surface area (Å²) in [5, 5.41) is 10.4. The van der Waals surface area contributed by atoms with Crippen molar-refractivity contribution in [1.82, 2.24) is 0 Å². The number of hydrogen-bond donors (Lipinski definition) is 2. The van der Waals surface area contributed by atoms with Crippen LogP contribution in [0, 0.1) is 5.82 Å². The molecular weight excluding hydrogens is 345 g/mol. The van der Waals surface area contributed by atoms with E-state index in [1.165, 1.54) is 6.08 Å². The van der Waals surface area contributed by atoms with E-state index >= 15 is 0 Å². The molecule has 23 heavy (non-hydrogen) atoms. The molecule has 0 aliphatic heterocycles. The summed E-state index contributed by atoms with van der Waals surface area (Å²) in [5.41, 5.74) is -0.106. The van der Waals surface area contributed by atoms with Gasteiger partial charge in [-0.05, 0) is 42.0 Å². The fourth-order valence-electron chi connectivity index (χ4n) is 1.71. The third kappa shape index (κ3) is 4.80. The molecule has 0 saturated heterocycles. The normalized spacial score (nSPS) is 11.6. The van der Waals surface area contributed by atoms with Gasteiger partial charge in [0, 0.05) is 5.02 Å². The Bertz CT molecular complexity index is 864. The van der Waals surface area contributed by atoms with Gasteiger partial charge < -0.3 is 5.11 Å². The van der Waals surface area contributed by atoms with Crippen LogP contribution in [0.3, 0.4) is 0 Å². The lowest BCUT2D eigenvalue weighted by atomic mass is 10.2. The van der Waals surface area contributed by atoms with Gasteiger partial charge in [0.05, 0.1) is 16.7 Å². The predicted molar refractivity (Wildman–Crippen MR) is 86.4 cm³/mol. The molecule has 2 aromatic carbocycles. The molecule has 0 aliphatic carbocycles. The van der Waals surface area contributed by atoms with Crippen molar-refractivity contribution in [2.45, 2.75) is 0 Å². The van der Waals surface area contributed by atoms with Gasteiger partial charge in [0.2, 0.25) is 0 Å². The molecule has 0 atom stereocenters. The maximum atomic E-state index is 13.1. The first-order chi connectivity index (χ1) is 10.8. The molecule has 0 amide bonds. The van der Waals surface area contributed by atoms with E-state index < -0.39 is 27.4 Å². The lowest BCUT2D eigenvalue weighted by Crippen LogP contribution is -2.12. The van der Waals surface area contributed by atoms with Crippen molar-refractivity contribution < 1.29 is 22.7 Å². The first-order valence-electron chi connectivity index (χ1n) is 6.26. The van der Waals surface area contributed by atoms with Gasteiger partial charge in [0.1, 0.15) is 5.82 Å².